The van der Waals surface area contributed by atoms with Gasteiger partial charge in [-0.25, -0.2) is 9.69 Å². The molecule has 0 atom stereocenters. The fourth-order valence-electron chi connectivity index (χ4n) is 2.48. The molecule has 24 heavy (non-hydrogen) atoms. The minimum Gasteiger partial charge on any atom is -0.497 e. The second-order valence-corrected chi connectivity index (χ2v) is 5.77. The number of hydrogen-bond donors (Lipinski definition) is 1. The first-order valence-corrected chi connectivity index (χ1v) is 7.65. The molecule has 2 aromatic carbocycles. The van der Waals surface area contributed by atoms with Crippen molar-refractivity contribution in [1.29, 1.82) is 0 Å². The molecule has 5 nitrogen and oxygen atoms in total. The Kier molecular flexibility index (Phi) is 4.27. The number of hydrogen-bond acceptors (Lipinski definition) is 3. The molecular formula is C18H15ClN2O3. The molecule has 3 amide bonds. The lowest BCUT2D eigenvalue weighted by atomic mass is 10.1. The van der Waals surface area contributed by atoms with E-state index in [1.165, 1.54) is 0 Å². The first-order valence-electron chi connectivity index (χ1n) is 7.27. The Morgan fingerprint density at radius 2 is 1.96 bits per heavy atom. The second kappa shape index (κ2) is 6.37. The maximum Gasteiger partial charge on any atom is 0.333 e. The molecule has 6 heteroatoms. The Morgan fingerprint density at radius 1 is 1.17 bits per heavy atom. The van der Waals surface area contributed by atoms with Crippen LogP contribution in [0.15, 0.2) is 48.2 Å². The highest BCUT2D eigenvalue weighted by Gasteiger charge is 2.34. The minimum absolute atomic E-state index is 0.216. The molecule has 1 N–H and O–H groups in total. The van der Waals surface area contributed by atoms with Gasteiger partial charge in [0.2, 0.25) is 0 Å². The van der Waals surface area contributed by atoms with Gasteiger partial charge in [0.15, 0.2) is 0 Å². The van der Waals surface area contributed by atoms with Crippen LogP contribution in [0, 0.1) is 6.92 Å². The van der Waals surface area contributed by atoms with Crippen LogP contribution in [-0.4, -0.2) is 19.0 Å². The predicted molar refractivity (Wildman–Crippen MR) is 93.2 cm³/mol. The number of halogens is 1. The summed E-state index contributed by atoms with van der Waals surface area (Å²) in [7, 11) is 1.59. The monoisotopic (exact) mass is 342 g/mol. The summed E-state index contributed by atoms with van der Waals surface area (Å²) in [6.45, 7) is 1.91. The first kappa shape index (κ1) is 16.1. The van der Waals surface area contributed by atoms with Gasteiger partial charge < -0.3 is 10.1 Å². The number of imide groups is 1. The average molecular weight is 343 g/mol. The van der Waals surface area contributed by atoms with E-state index in [4.69, 9.17) is 16.3 Å². The maximum absolute atomic E-state index is 12.6. The summed E-state index contributed by atoms with van der Waals surface area (Å²) in [5.41, 5.74) is 2.41. The Morgan fingerprint density at radius 3 is 2.62 bits per heavy atom. The van der Waals surface area contributed by atoms with Crippen LogP contribution in [0.4, 0.5) is 10.5 Å². The van der Waals surface area contributed by atoms with E-state index in [9.17, 15) is 9.59 Å². The van der Waals surface area contributed by atoms with Gasteiger partial charge in [-0.15, -0.1) is 0 Å². The van der Waals surface area contributed by atoms with Crippen molar-refractivity contribution >= 4 is 35.3 Å². The van der Waals surface area contributed by atoms with Gasteiger partial charge >= 0.3 is 6.03 Å². The van der Waals surface area contributed by atoms with Gasteiger partial charge in [0, 0.05) is 5.02 Å². The molecule has 0 bridgehead atoms. The van der Waals surface area contributed by atoms with Crippen molar-refractivity contribution in [3.63, 3.8) is 0 Å². The van der Waals surface area contributed by atoms with Crippen LogP contribution in [0.3, 0.4) is 0 Å². The van der Waals surface area contributed by atoms with Crippen LogP contribution in [0.1, 0.15) is 11.1 Å². The number of amides is 3. The van der Waals surface area contributed by atoms with Crippen LogP contribution in [-0.2, 0) is 4.79 Å². The number of nitrogens with one attached hydrogen (secondary N) is 1. The molecule has 0 radical (unpaired) electrons. The predicted octanol–water partition coefficient (Wildman–Crippen LogP) is 3.75. The Labute approximate surface area is 144 Å². The highest BCUT2D eigenvalue weighted by molar-refractivity contribution is 6.32. The molecule has 0 unspecified atom stereocenters. The van der Waals surface area contributed by atoms with Gasteiger partial charge in [0.1, 0.15) is 11.4 Å². The normalized spacial score (nSPS) is 15.8. The number of methoxy groups -OCH3 is 1. The van der Waals surface area contributed by atoms with Crippen molar-refractivity contribution < 1.29 is 14.3 Å². The number of carbonyl (C=O) groups is 2. The molecule has 0 saturated carbocycles. The third-order valence-corrected chi connectivity index (χ3v) is 3.96. The van der Waals surface area contributed by atoms with Crippen LogP contribution in [0.25, 0.3) is 6.08 Å². The van der Waals surface area contributed by atoms with Gasteiger partial charge in [-0.05, 0) is 54.5 Å². The summed E-state index contributed by atoms with van der Waals surface area (Å²) < 4.78 is 5.17. The van der Waals surface area contributed by atoms with Crippen LogP contribution in [0.5, 0.6) is 5.75 Å². The maximum atomic E-state index is 12.6. The summed E-state index contributed by atoms with van der Waals surface area (Å²) in [4.78, 5) is 25.8. The molecule has 3 rings (SSSR count). The molecule has 1 saturated heterocycles. The van der Waals surface area contributed by atoms with Crippen LogP contribution in [0.2, 0.25) is 5.02 Å². The largest absolute Gasteiger partial charge is 0.497 e. The number of carbonyl (C=O) groups excluding carboxylic acids is 2. The molecule has 0 aliphatic carbocycles. The molecule has 0 aromatic heterocycles. The van der Waals surface area contributed by atoms with E-state index >= 15 is 0 Å². The minimum atomic E-state index is -0.500. The number of nitrogens with zero attached hydrogens (tertiary/aromatic N) is 1. The van der Waals surface area contributed by atoms with Crippen molar-refractivity contribution in [2.24, 2.45) is 0 Å². The SMILES string of the molecule is COc1ccc(/C=C2/NC(=O)N(c3cccc(Cl)c3)C2=O)c(C)c1. The Bertz CT molecular complexity index is 861. The summed E-state index contributed by atoms with van der Waals surface area (Å²) in [5, 5.41) is 3.06. The van der Waals surface area contributed by atoms with Crippen molar-refractivity contribution in [1.82, 2.24) is 5.32 Å². The molecule has 0 spiro atoms. The van der Waals surface area contributed by atoms with Crippen molar-refractivity contribution in [3.8, 4) is 5.75 Å². The lowest BCUT2D eigenvalue weighted by Crippen LogP contribution is -2.30. The second-order valence-electron chi connectivity index (χ2n) is 5.33. The summed E-state index contributed by atoms with van der Waals surface area (Å²) in [6, 6.07) is 11.6. The molecular weight excluding hydrogens is 328 g/mol. The van der Waals surface area contributed by atoms with Gasteiger partial charge in [0.25, 0.3) is 5.91 Å². The fourth-order valence-corrected chi connectivity index (χ4v) is 2.66. The molecule has 1 heterocycles. The van der Waals surface area contributed by atoms with Gasteiger partial charge in [-0.2, -0.15) is 0 Å². The van der Waals surface area contributed by atoms with Gasteiger partial charge in [0.05, 0.1) is 12.8 Å². The van der Waals surface area contributed by atoms with Crippen molar-refractivity contribution in [2.45, 2.75) is 6.92 Å². The van der Waals surface area contributed by atoms with Crippen LogP contribution < -0.4 is 15.0 Å². The number of urea groups is 1. The highest BCUT2D eigenvalue weighted by Crippen LogP contribution is 2.26. The molecule has 1 aliphatic heterocycles. The zero-order valence-corrected chi connectivity index (χ0v) is 13.9. The van der Waals surface area contributed by atoms with Crippen molar-refractivity contribution in [2.75, 3.05) is 12.0 Å². The molecule has 122 valence electrons. The lowest BCUT2D eigenvalue weighted by molar-refractivity contribution is -0.113. The molecule has 2 aromatic rings. The summed E-state index contributed by atoms with van der Waals surface area (Å²) >= 11 is 5.94. The fraction of sp³-hybridized carbons (Fsp3) is 0.111. The van der Waals surface area contributed by atoms with E-state index in [1.807, 2.05) is 19.1 Å². The first-order chi connectivity index (χ1) is 11.5. The van der Waals surface area contributed by atoms with Crippen LogP contribution >= 0.6 is 11.6 Å². The number of rotatable bonds is 3. The van der Waals surface area contributed by atoms with Gasteiger partial charge in [-0.1, -0.05) is 23.7 Å². The van der Waals surface area contributed by atoms with E-state index in [2.05, 4.69) is 5.32 Å². The lowest BCUT2D eigenvalue weighted by Gasteiger charge is -2.11. The standard InChI is InChI=1S/C18H15ClN2O3/c1-11-8-15(24-2)7-6-12(11)9-16-17(22)21(18(23)20-16)14-5-3-4-13(19)10-14/h3-10H,1-2H3,(H,20,23)/b16-9+. The highest BCUT2D eigenvalue weighted by atomic mass is 35.5. The van der Waals surface area contributed by atoms with E-state index < -0.39 is 11.9 Å². The van der Waals surface area contributed by atoms with Gasteiger partial charge in [-0.3, -0.25) is 4.79 Å². The Hall–Kier alpha value is -2.79. The summed E-state index contributed by atoms with van der Waals surface area (Å²) in [6.07, 6.45) is 1.65. The smallest absolute Gasteiger partial charge is 0.333 e. The van der Waals surface area contributed by atoms with E-state index in [-0.39, 0.29) is 5.70 Å². The Balaban J connectivity index is 1.94. The van der Waals surface area contributed by atoms with E-state index in [0.717, 1.165) is 21.8 Å². The third kappa shape index (κ3) is 2.98. The topological polar surface area (TPSA) is 58.6 Å². The van der Waals surface area contributed by atoms with Crippen molar-refractivity contribution in [3.05, 3.63) is 64.3 Å². The zero-order chi connectivity index (χ0) is 17.3. The molecule has 1 fully saturated rings. The number of aryl methyl sites for hydroxylation is 1. The molecule has 1 aliphatic rings. The average Bonchev–Trinajstić information content (AvgIpc) is 2.83. The number of ether oxygens (including phenoxy) is 1. The number of anilines is 1. The summed E-state index contributed by atoms with van der Waals surface area (Å²) in [5.74, 6) is 0.314. The number of benzene rings is 2. The third-order valence-electron chi connectivity index (χ3n) is 3.72. The zero-order valence-electron chi connectivity index (χ0n) is 13.2. The van der Waals surface area contributed by atoms with E-state index in [0.29, 0.717) is 10.7 Å². The quantitative estimate of drug-likeness (QED) is 0.682. The van der Waals surface area contributed by atoms with E-state index in [1.54, 1.807) is 43.5 Å².